The second-order valence-electron chi connectivity index (χ2n) is 6.84. The maximum atomic E-state index is 13.2. The number of nitrogens with zero attached hydrogens (tertiary/aromatic N) is 2. The molecule has 0 unspecified atom stereocenters. The fourth-order valence-electron chi connectivity index (χ4n) is 3.70. The molecule has 1 atom stereocenters. The summed E-state index contributed by atoms with van der Waals surface area (Å²) in [5.41, 5.74) is 2.32. The predicted octanol–water partition coefficient (Wildman–Crippen LogP) is 3.45. The van der Waals surface area contributed by atoms with Crippen LogP contribution >= 0.6 is 22.9 Å². The maximum Gasteiger partial charge on any atom is 0.243 e. The first-order valence-electron chi connectivity index (χ1n) is 8.95. The number of carbonyl (C=O) groups is 2. The number of hydrogen-bond donors (Lipinski definition) is 0. The second-order valence-corrected chi connectivity index (χ2v) is 8.10. The van der Waals surface area contributed by atoms with Crippen LogP contribution in [0.15, 0.2) is 41.8 Å². The van der Waals surface area contributed by atoms with Crippen LogP contribution in [0.5, 0.6) is 0 Å². The molecule has 0 saturated heterocycles. The van der Waals surface area contributed by atoms with Crippen molar-refractivity contribution in [3.63, 3.8) is 0 Å². The van der Waals surface area contributed by atoms with Gasteiger partial charge in [0.1, 0.15) is 12.4 Å². The Hall–Kier alpha value is -1.85. The van der Waals surface area contributed by atoms with Crippen LogP contribution in [0.2, 0.25) is 0 Å². The van der Waals surface area contributed by atoms with E-state index in [1.165, 1.54) is 10.4 Å². The molecule has 6 heteroatoms. The third-order valence-corrected chi connectivity index (χ3v) is 6.35. The number of rotatable bonds is 5. The van der Waals surface area contributed by atoms with E-state index in [-0.39, 0.29) is 36.3 Å². The van der Waals surface area contributed by atoms with Crippen molar-refractivity contribution >= 4 is 34.8 Å². The van der Waals surface area contributed by atoms with Gasteiger partial charge in [-0.3, -0.25) is 9.59 Å². The number of benzene rings is 1. The van der Waals surface area contributed by atoms with Crippen molar-refractivity contribution in [2.24, 2.45) is 0 Å². The van der Waals surface area contributed by atoms with Gasteiger partial charge in [0.2, 0.25) is 11.8 Å². The van der Waals surface area contributed by atoms with Crippen LogP contribution in [0, 0.1) is 0 Å². The highest BCUT2D eigenvalue weighted by Crippen LogP contribution is 2.38. The molecule has 4 nitrogen and oxygen atoms in total. The first kappa shape index (κ1) is 17.6. The van der Waals surface area contributed by atoms with E-state index in [4.69, 9.17) is 11.6 Å². The molecule has 0 N–H and O–H groups in total. The number of carbonyl (C=O) groups excluding carboxylic acids is 2. The number of halogens is 1. The monoisotopic (exact) mass is 388 g/mol. The normalized spacial score (nSPS) is 19.1. The van der Waals surface area contributed by atoms with Gasteiger partial charge in [-0.25, -0.2) is 0 Å². The Morgan fingerprint density at radius 1 is 1.19 bits per heavy atom. The zero-order valence-electron chi connectivity index (χ0n) is 14.4. The summed E-state index contributed by atoms with van der Waals surface area (Å²) in [4.78, 5) is 30.3. The molecular weight excluding hydrogens is 368 g/mol. The lowest BCUT2D eigenvalue weighted by atomic mass is 9.93. The highest BCUT2D eigenvalue weighted by Gasteiger charge is 2.37. The van der Waals surface area contributed by atoms with Crippen LogP contribution in [0.1, 0.15) is 34.9 Å². The van der Waals surface area contributed by atoms with Gasteiger partial charge in [0, 0.05) is 17.5 Å². The Morgan fingerprint density at radius 3 is 2.65 bits per heavy atom. The average Bonchev–Trinajstić information content (AvgIpc) is 3.41. The van der Waals surface area contributed by atoms with Crippen molar-refractivity contribution in [1.82, 2.24) is 9.80 Å². The van der Waals surface area contributed by atoms with E-state index in [1.54, 1.807) is 16.2 Å². The van der Waals surface area contributed by atoms with Crippen LogP contribution in [-0.4, -0.2) is 46.6 Å². The predicted molar refractivity (Wildman–Crippen MR) is 103 cm³/mol. The summed E-state index contributed by atoms with van der Waals surface area (Å²) >= 11 is 7.50. The van der Waals surface area contributed by atoms with Crippen molar-refractivity contribution in [2.75, 3.05) is 19.0 Å². The fourth-order valence-corrected chi connectivity index (χ4v) is 4.76. The molecule has 1 aliphatic heterocycles. The van der Waals surface area contributed by atoms with Crippen molar-refractivity contribution in [3.05, 3.63) is 57.8 Å². The molecule has 0 radical (unpaired) electrons. The van der Waals surface area contributed by atoms with Crippen molar-refractivity contribution in [1.29, 1.82) is 0 Å². The van der Waals surface area contributed by atoms with Gasteiger partial charge in [-0.15, -0.1) is 22.9 Å². The van der Waals surface area contributed by atoms with E-state index in [0.717, 1.165) is 24.8 Å². The molecule has 1 aromatic carbocycles. The van der Waals surface area contributed by atoms with Crippen molar-refractivity contribution < 1.29 is 9.59 Å². The van der Waals surface area contributed by atoms with Gasteiger partial charge in [-0.2, -0.15) is 0 Å². The topological polar surface area (TPSA) is 40.6 Å². The number of fused-ring (bicyclic) bond motifs is 1. The molecule has 0 spiro atoms. The Balaban J connectivity index is 1.61. The Morgan fingerprint density at radius 2 is 1.96 bits per heavy atom. The Bertz CT molecular complexity index is 803. The SMILES string of the molecule is O=C(CCl)N(CC(=O)N1CCc2sccc2[C@H]1c1ccccc1)C1CC1. The van der Waals surface area contributed by atoms with Crippen LogP contribution < -0.4 is 0 Å². The molecule has 4 rings (SSSR count). The Labute approximate surface area is 162 Å². The first-order chi connectivity index (χ1) is 12.7. The molecule has 1 aromatic heterocycles. The van der Waals surface area contributed by atoms with Gasteiger partial charge in [0.15, 0.2) is 0 Å². The molecule has 0 bridgehead atoms. The highest BCUT2D eigenvalue weighted by molar-refractivity contribution is 7.10. The molecule has 1 saturated carbocycles. The minimum absolute atomic E-state index is 0.000990. The van der Waals surface area contributed by atoms with Gasteiger partial charge < -0.3 is 9.80 Å². The van der Waals surface area contributed by atoms with E-state index in [2.05, 4.69) is 23.6 Å². The summed E-state index contributed by atoms with van der Waals surface area (Å²) < 4.78 is 0. The molecule has 2 heterocycles. The quantitative estimate of drug-likeness (QED) is 0.736. The minimum atomic E-state index is -0.146. The van der Waals surface area contributed by atoms with Gasteiger partial charge in [-0.1, -0.05) is 30.3 Å². The molecule has 2 aliphatic rings. The zero-order chi connectivity index (χ0) is 18.1. The van der Waals surface area contributed by atoms with Crippen LogP contribution in [0.4, 0.5) is 0 Å². The number of thiophene rings is 1. The maximum absolute atomic E-state index is 13.2. The van der Waals surface area contributed by atoms with E-state index in [1.807, 2.05) is 23.1 Å². The lowest BCUT2D eigenvalue weighted by Crippen LogP contribution is -2.47. The average molecular weight is 389 g/mol. The number of amides is 2. The van der Waals surface area contributed by atoms with Gasteiger partial charge >= 0.3 is 0 Å². The van der Waals surface area contributed by atoms with Crippen LogP contribution in [0.3, 0.4) is 0 Å². The first-order valence-corrected chi connectivity index (χ1v) is 10.4. The molecule has 2 amide bonds. The van der Waals surface area contributed by atoms with Crippen LogP contribution in [-0.2, 0) is 16.0 Å². The van der Waals surface area contributed by atoms with Gasteiger partial charge in [-0.05, 0) is 41.8 Å². The molecule has 26 heavy (non-hydrogen) atoms. The lowest BCUT2D eigenvalue weighted by Gasteiger charge is -2.37. The molecule has 136 valence electrons. The summed E-state index contributed by atoms with van der Waals surface area (Å²) in [6, 6.07) is 12.4. The third-order valence-electron chi connectivity index (χ3n) is 5.13. The highest BCUT2D eigenvalue weighted by atomic mass is 35.5. The van der Waals surface area contributed by atoms with E-state index in [9.17, 15) is 9.59 Å². The van der Waals surface area contributed by atoms with E-state index >= 15 is 0 Å². The molecular formula is C20H21ClN2O2S. The number of alkyl halides is 1. The third kappa shape index (κ3) is 3.38. The fraction of sp³-hybridized carbons (Fsp3) is 0.400. The summed E-state index contributed by atoms with van der Waals surface area (Å²) in [7, 11) is 0. The van der Waals surface area contributed by atoms with Crippen molar-refractivity contribution in [3.8, 4) is 0 Å². The van der Waals surface area contributed by atoms with Crippen molar-refractivity contribution in [2.45, 2.75) is 31.3 Å². The molecule has 1 fully saturated rings. The van der Waals surface area contributed by atoms with Gasteiger partial charge in [0.05, 0.1) is 6.04 Å². The summed E-state index contributed by atoms with van der Waals surface area (Å²) in [5.74, 6) is -0.214. The smallest absolute Gasteiger partial charge is 0.243 e. The van der Waals surface area contributed by atoms with E-state index < -0.39 is 0 Å². The van der Waals surface area contributed by atoms with Gasteiger partial charge in [0.25, 0.3) is 0 Å². The Kier molecular flexibility index (Phi) is 5.00. The second kappa shape index (κ2) is 7.41. The number of hydrogen-bond acceptors (Lipinski definition) is 3. The van der Waals surface area contributed by atoms with Crippen LogP contribution in [0.25, 0.3) is 0 Å². The standard InChI is InChI=1S/C20H21ClN2O2S/c21-12-18(24)23(15-6-7-15)13-19(25)22-10-8-17-16(9-11-26-17)20(22)14-4-2-1-3-5-14/h1-5,9,11,15,20H,6-8,10,12-13H2/t20-/m1/s1. The van der Waals surface area contributed by atoms with E-state index in [0.29, 0.717) is 6.54 Å². The molecule has 1 aliphatic carbocycles. The largest absolute Gasteiger partial charge is 0.330 e. The zero-order valence-corrected chi connectivity index (χ0v) is 16.0. The summed E-state index contributed by atoms with van der Waals surface area (Å²) in [6.45, 7) is 0.804. The summed E-state index contributed by atoms with van der Waals surface area (Å²) in [5, 5.41) is 2.10. The summed E-state index contributed by atoms with van der Waals surface area (Å²) in [6.07, 6.45) is 2.80. The minimum Gasteiger partial charge on any atom is -0.330 e. The lowest BCUT2D eigenvalue weighted by molar-refractivity contribution is -0.141. The molecule has 2 aromatic rings.